The van der Waals surface area contributed by atoms with E-state index >= 15 is 0 Å². The molecule has 2 atom stereocenters. The minimum Gasteiger partial charge on any atom is -0.508 e. The van der Waals surface area contributed by atoms with Crippen molar-refractivity contribution in [1.29, 1.82) is 0 Å². The van der Waals surface area contributed by atoms with E-state index in [0.717, 1.165) is 32.6 Å². The Balaban J connectivity index is 1.80. The molecule has 0 aliphatic carbocycles. The number of phenols is 1. The number of benzene rings is 3. The maximum Gasteiger partial charge on any atom is 0.125 e. The Labute approximate surface area is 179 Å². The molecule has 4 nitrogen and oxygen atoms in total. The van der Waals surface area contributed by atoms with E-state index in [1.54, 1.807) is 13.2 Å². The summed E-state index contributed by atoms with van der Waals surface area (Å²) in [4.78, 5) is 0. The number of hydrogen-bond acceptors (Lipinski definition) is 4. The molecule has 0 saturated carbocycles. The lowest BCUT2D eigenvalue weighted by molar-refractivity contribution is 0.379. The third-order valence-electron chi connectivity index (χ3n) is 5.12. The van der Waals surface area contributed by atoms with Gasteiger partial charge in [0.25, 0.3) is 0 Å². The van der Waals surface area contributed by atoms with Gasteiger partial charge in [-0.15, -0.1) is 0 Å². The second-order valence-electron chi connectivity index (χ2n) is 7.11. The van der Waals surface area contributed by atoms with Crippen LogP contribution < -0.4 is 15.4 Å². The number of nitrogens with one attached hydrogen (secondary N) is 2. The summed E-state index contributed by atoms with van der Waals surface area (Å²) in [5, 5.41) is 17.7. The summed E-state index contributed by atoms with van der Waals surface area (Å²) in [6, 6.07) is 21.7. The van der Waals surface area contributed by atoms with E-state index in [9.17, 15) is 5.11 Å². The molecule has 4 rings (SSSR count). The molecule has 148 valence electrons. The highest BCUT2D eigenvalue weighted by atomic mass is 79.9. The maximum atomic E-state index is 10.5. The van der Waals surface area contributed by atoms with Gasteiger partial charge in [-0.2, -0.15) is 0 Å². The Morgan fingerprint density at radius 1 is 0.966 bits per heavy atom. The molecule has 29 heavy (non-hydrogen) atoms. The topological polar surface area (TPSA) is 53.5 Å². The number of hydrogen-bond donors (Lipinski definition) is 3. The van der Waals surface area contributed by atoms with Crippen LogP contribution in [0.5, 0.6) is 11.5 Å². The number of phenolic OH excluding ortho intramolecular Hbond substituents is 1. The third kappa shape index (κ3) is 4.16. The van der Waals surface area contributed by atoms with Crippen molar-refractivity contribution in [2.45, 2.75) is 19.1 Å². The van der Waals surface area contributed by atoms with Crippen molar-refractivity contribution in [3.05, 3.63) is 99.5 Å². The molecular weight excluding hydrogens is 428 g/mol. The average molecular weight is 451 g/mol. The zero-order chi connectivity index (χ0) is 20.4. The molecule has 5 heteroatoms. The second kappa shape index (κ2) is 8.31. The van der Waals surface area contributed by atoms with Crippen molar-refractivity contribution >= 4 is 21.6 Å². The number of methoxy groups -OCH3 is 1. The molecule has 3 N–H and O–H groups in total. The summed E-state index contributed by atoms with van der Waals surface area (Å²) < 4.78 is 6.50. The summed E-state index contributed by atoms with van der Waals surface area (Å²) in [6.45, 7) is 2.08. The molecular formula is C24H23BrN2O2. The summed E-state index contributed by atoms with van der Waals surface area (Å²) in [5.74, 6) is 1.06. The number of para-hydroxylation sites is 1. The lowest BCUT2D eigenvalue weighted by Crippen LogP contribution is -2.39. The van der Waals surface area contributed by atoms with E-state index in [0.29, 0.717) is 0 Å². The van der Waals surface area contributed by atoms with Crippen molar-refractivity contribution < 1.29 is 9.84 Å². The van der Waals surface area contributed by atoms with Crippen molar-refractivity contribution in [3.63, 3.8) is 0 Å². The Hall–Kier alpha value is -2.76. The molecule has 0 aromatic heterocycles. The summed E-state index contributed by atoms with van der Waals surface area (Å²) >= 11 is 3.52. The Morgan fingerprint density at radius 2 is 1.72 bits per heavy atom. The van der Waals surface area contributed by atoms with E-state index < -0.39 is 0 Å². The first-order valence-electron chi connectivity index (χ1n) is 9.48. The fraction of sp³-hybridized carbons (Fsp3) is 0.167. The van der Waals surface area contributed by atoms with Gasteiger partial charge in [-0.05, 0) is 42.8 Å². The number of halogens is 1. The van der Waals surface area contributed by atoms with E-state index in [4.69, 9.17) is 4.74 Å². The van der Waals surface area contributed by atoms with Crippen molar-refractivity contribution in [3.8, 4) is 11.5 Å². The molecule has 3 aromatic carbocycles. The summed E-state index contributed by atoms with van der Waals surface area (Å²) in [6.07, 6.45) is 1.92. The third-order valence-corrected chi connectivity index (χ3v) is 5.61. The molecule has 0 bridgehead atoms. The Bertz CT molecular complexity index is 1050. The highest BCUT2D eigenvalue weighted by Crippen LogP contribution is 2.36. The minimum atomic E-state index is -0.184. The van der Waals surface area contributed by atoms with Crippen LogP contribution >= 0.6 is 15.9 Å². The first-order valence-corrected chi connectivity index (χ1v) is 10.3. The van der Waals surface area contributed by atoms with Crippen molar-refractivity contribution in [2.75, 3.05) is 7.11 Å². The predicted molar refractivity (Wildman–Crippen MR) is 120 cm³/mol. The van der Waals surface area contributed by atoms with Crippen LogP contribution in [0.1, 0.15) is 34.5 Å². The molecule has 1 aliphatic heterocycles. The number of ether oxygens (including phenoxy) is 1. The standard InChI is InChI=1S/C24H23BrN2O2/c1-15-7-9-16(10-8-15)20-14-21(19-13-17(25)11-12-22(19)28)27-24(26-20)18-5-3-4-6-23(18)29-2/h3-14,21,24,26-28H,1-2H3. The summed E-state index contributed by atoms with van der Waals surface area (Å²) in [5.41, 5.74) is 5.13. The van der Waals surface area contributed by atoms with E-state index in [1.165, 1.54) is 5.56 Å². The lowest BCUT2D eigenvalue weighted by Gasteiger charge is -2.34. The van der Waals surface area contributed by atoms with Crippen LogP contribution in [0, 0.1) is 6.92 Å². The normalized spacial score (nSPS) is 18.7. The van der Waals surface area contributed by atoms with Crippen LogP contribution in [-0.2, 0) is 0 Å². The molecule has 0 radical (unpaired) electrons. The molecule has 3 aromatic rings. The van der Waals surface area contributed by atoms with Gasteiger partial charge in [-0.1, -0.05) is 64.0 Å². The van der Waals surface area contributed by atoms with Gasteiger partial charge in [-0.3, -0.25) is 5.32 Å². The predicted octanol–water partition coefficient (Wildman–Crippen LogP) is 5.45. The van der Waals surface area contributed by atoms with Gasteiger partial charge in [0.1, 0.15) is 17.7 Å². The number of rotatable bonds is 4. The zero-order valence-corrected chi connectivity index (χ0v) is 17.9. The monoisotopic (exact) mass is 450 g/mol. The van der Waals surface area contributed by atoms with Gasteiger partial charge in [0.05, 0.1) is 13.2 Å². The molecule has 1 heterocycles. The molecule has 1 aliphatic rings. The number of aromatic hydroxyl groups is 1. The Kier molecular flexibility index (Phi) is 5.60. The minimum absolute atomic E-state index is 0.181. The molecule has 0 fully saturated rings. The van der Waals surface area contributed by atoms with Crippen LogP contribution in [0.2, 0.25) is 0 Å². The second-order valence-corrected chi connectivity index (χ2v) is 8.03. The van der Waals surface area contributed by atoms with Crippen molar-refractivity contribution in [1.82, 2.24) is 10.6 Å². The first kappa shape index (κ1) is 19.6. The quantitative estimate of drug-likeness (QED) is 0.494. The van der Waals surface area contributed by atoms with Gasteiger partial charge >= 0.3 is 0 Å². The van der Waals surface area contributed by atoms with E-state index in [1.807, 2.05) is 36.4 Å². The Morgan fingerprint density at radius 3 is 2.48 bits per heavy atom. The SMILES string of the molecule is COc1ccccc1C1NC(c2ccc(C)cc2)=CC(c2cc(Br)ccc2O)N1. The zero-order valence-electron chi connectivity index (χ0n) is 16.3. The lowest BCUT2D eigenvalue weighted by atomic mass is 9.97. The van der Waals surface area contributed by atoms with Crippen LogP contribution in [0.4, 0.5) is 0 Å². The molecule has 2 unspecified atom stereocenters. The van der Waals surface area contributed by atoms with Gasteiger partial charge in [0, 0.05) is 21.3 Å². The van der Waals surface area contributed by atoms with Crippen LogP contribution in [0.15, 0.2) is 77.3 Å². The summed E-state index contributed by atoms with van der Waals surface area (Å²) in [7, 11) is 1.68. The van der Waals surface area contributed by atoms with Gasteiger partial charge in [-0.25, -0.2) is 0 Å². The van der Waals surface area contributed by atoms with E-state index in [2.05, 4.69) is 63.8 Å². The average Bonchev–Trinajstić information content (AvgIpc) is 2.75. The molecule has 0 spiro atoms. The van der Waals surface area contributed by atoms with Gasteiger partial charge in [0.15, 0.2) is 0 Å². The van der Waals surface area contributed by atoms with Crippen LogP contribution in [0.25, 0.3) is 5.70 Å². The van der Waals surface area contributed by atoms with Gasteiger partial charge < -0.3 is 15.2 Å². The smallest absolute Gasteiger partial charge is 0.125 e. The van der Waals surface area contributed by atoms with Gasteiger partial charge in [0.2, 0.25) is 0 Å². The largest absolute Gasteiger partial charge is 0.508 e. The fourth-order valence-electron chi connectivity index (χ4n) is 3.58. The fourth-order valence-corrected chi connectivity index (χ4v) is 3.96. The first-order chi connectivity index (χ1) is 14.0. The highest BCUT2D eigenvalue weighted by Gasteiger charge is 2.27. The van der Waals surface area contributed by atoms with Crippen molar-refractivity contribution in [2.24, 2.45) is 0 Å². The van der Waals surface area contributed by atoms with E-state index in [-0.39, 0.29) is 18.0 Å². The molecule has 0 saturated heterocycles. The molecule has 0 amide bonds. The maximum absolute atomic E-state index is 10.5. The van der Waals surface area contributed by atoms with Crippen LogP contribution in [-0.4, -0.2) is 12.2 Å². The van der Waals surface area contributed by atoms with Crippen LogP contribution in [0.3, 0.4) is 0 Å². The highest BCUT2D eigenvalue weighted by molar-refractivity contribution is 9.10. The number of aryl methyl sites for hydroxylation is 1.